The van der Waals surface area contributed by atoms with E-state index in [-0.39, 0.29) is 23.6 Å². The molecule has 1 amide bonds. The number of benzene rings is 2. The summed E-state index contributed by atoms with van der Waals surface area (Å²) in [7, 11) is 0. The van der Waals surface area contributed by atoms with E-state index in [1.165, 1.54) is 22.2 Å². The number of amides is 1. The predicted molar refractivity (Wildman–Crippen MR) is 144 cm³/mol. The fourth-order valence-electron chi connectivity index (χ4n) is 4.64. The normalized spacial score (nSPS) is 14.4. The van der Waals surface area contributed by atoms with Gasteiger partial charge in [0.05, 0.1) is 29.2 Å². The number of hydrogen-bond acceptors (Lipinski definition) is 7. The van der Waals surface area contributed by atoms with Gasteiger partial charge in [0.1, 0.15) is 17.2 Å². The lowest BCUT2D eigenvalue weighted by atomic mass is 10.2. The molecule has 6 rings (SSSR count). The molecule has 1 aliphatic rings. The fraction of sp³-hybridized carbons (Fsp3) is 0.222. The van der Waals surface area contributed by atoms with Gasteiger partial charge in [0.25, 0.3) is 11.1 Å². The van der Waals surface area contributed by atoms with Crippen LogP contribution >= 0.6 is 11.3 Å². The average molecular weight is 513 g/mol. The van der Waals surface area contributed by atoms with Crippen LogP contribution in [-0.4, -0.2) is 61.4 Å². The topological polar surface area (TPSA) is 104 Å². The highest BCUT2D eigenvalue weighted by atomic mass is 32.1. The molecule has 0 unspecified atom stereocenters. The molecule has 0 spiro atoms. The highest BCUT2D eigenvalue weighted by Crippen LogP contribution is 2.30. The molecule has 0 bridgehead atoms. The number of H-pyrrole nitrogens is 1. The van der Waals surface area contributed by atoms with Gasteiger partial charge in [-0.25, -0.2) is 9.97 Å². The van der Waals surface area contributed by atoms with Crippen LogP contribution in [-0.2, 0) is 17.9 Å². The van der Waals surface area contributed by atoms with E-state index in [0.717, 1.165) is 10.4 Å². The van der Waals surface area contributed by atoms with Crippen LogP contribution in [0.2, 0.25) is 0 Å². The van der Waals surface area contributed by atoms with Gasteiger partial charge >= 0.3 is 0 Å². The number of hydrogen-bond donors (Lipinski definition) is 1. The Bertz CT molecular complexity index is 1720. The number of nitrogens with one attached hydrogen (secondary N) is 1. The Labute approximate surface area is 215 Å². The summed E-state index contributed by atoms with van der Waals surface area (Å²) >= 11 is 1.47. The standard InChI is InChI=1S/C27H24N6O3S/c34-24(16-33-17-28-26-20(27(33)36)14-22(37-26)18-6-2-1-3-7-18)32-12-10-31(11-13-32)15-23-29-21-9-5-4-8-19(21)25(35)30-23/h1-9,14,17H,10-13,15-16H2,(H,29,30,35). The lowest BCUT2D eigenvalue weighted by molar-refractivity contribution is -0.133. The maximum Gasteiger partial charge on any atom is 0.262 e. The second kappa shape index (κ2) is 9.72. The smallest absolute Gasteiger partial charge is 0.262 e. The Morgan fingerprint density at radius 2 is 1.70 bits per heavy atom. The summed E-state index contributed by atoms with van der Waals surface area (Å²) in [5.74, 6) is 0.499. The van der Waals surface area contributed by atoms with Crippen molar-refractivity contribution in [2.75, 3.05) is 26.2 Å². The van der Waals surface area contributed by atoms with E-state index in [1.807, 2.05) is 54.6 Å². The zero-order chi connectivity index (χ0) is 25.4. The second-order valence-corrected chi connectivity index (χ2v) is 10.1. The summed E-state index contributed by atoms with van der Waals surface area (Å²) in [5.41, 5.74) is 1.36. The zero-order valence-electron chi connectivity index (χ0n) is 20.0. The van der Waals surface area contributed by atoms with Crippen LogP contribution in [0.1, 0.15) is 5.82 Å². The van der Waals surface area contributed by atoms with Crippen LogP contribution in [0, 0.1) is 0 Å². The van der Waals surface area contributed by atoms with Gasteiger partial charge in [-0.2, -0.15) is 0 Å². The summed E-state index contributed by atoms with van der Waals surface area (Å²) in [4.78, 5) is 55.9. The minimum atomic E-state index is -0.207. The minimum Gasteiger partial charge on any atom is -0.339 e. The number of carbonyl (C=O) groups excluding carboxylic acids is 1. The summed E-state index contributed by atoms with van der Waals surface area (Å²) < 4.78 is 1.39. The van der Waals surface area contributed by atoms with Gasteiger partial charge in [-0.05, 0) is 23.8 Å². The molecular weight excluding hydrogens is 488 g/mol. The maximum atomic E-state index is 13.1. The quantitative estimate of drug-likeness (QED) is 0.388. The first-order valence-corrected chi connectivity index (χ1v) is 12.9. The predicted octanol–water partition coefficient (Wildman–Crippen LogP) is 2.71. The molecule has 0 radical (unpaired) electrons. The molecular formula is C27H24N6O3S. The van der Waals surface area contributed by atoms with Crippen LogP contribution < -0.4 is 11.1 Å². The van der Waals surface area contributed by atoms with Crippen LogP contribution in [0.4, 0.5) is 0 Å². The highest BCUT2D eigenvalue weighted by molar-refractivity contribution is 7.21. The first kappa shape index (κ1) is 23.3. The highest BCUT2D eigenvalue weighted by Gasteiger charge is 2.23. The van der Waals surface area contributed by atoms with E-state index in [2.05, 4.69) is 19.9 Å². The van der Waals surface area contributed by atoms with Crippen molar-refractivity contribution in [3.05, 3.63) is 93.5 Å². The largest absolute Gasteiger partial charge is 0.339 e. The number of fused-ring (bicyclic) bond motifs is 2. The minimum absolute atomic E-state index is 0.0438. The van der Waals surface area contributed by atoms with Crippen LogP contribution in [0.25, 0.3) is 31.6 Å². The first-order chi connectivity index (χ1) is 18.0. The summed E-state index contributed by atoms with van der Waals surface area (Å²) in [6.07, 6.45) is 1.46. The van der Waals surface area contributed by atoms with Crippen LogP contribution in [0.15, 0.2) is 76.6 Å². The molecule has 0 aliphatic carbocycles. The van der Waals surface area contributed by atoms with E-state index in [1.54, 1.807) is 11.0 Å². The van der Waals surface area contributed by atoms with Crippen molar-refractivity contribution in [3.63, 3.8) is 0 Å². The number of nitrogens with zero attached hydrogens (tertiary/aromatic N) is 5. The first-order valence-electron chi connectivity index (χ1n) is 12.1. The molecule has 1 saturated heterocycles. The zero-order valence-corrected chi connectivity index (χ0v) is 20.8. The molecule has 1 N–H and O–H groups in total. The van der Waals surface area contributed by atoms with Gasteiger partial charge in [-0.3, -0.25) is 23.9 Å². The van der Waals surface area contributed by atoms with Crippen LogP contribution in [0.5, 0.6) is 0 Å². The number of piperazine rings is 1. The van der Waals surface area contributed by atoms with Crippen molar-refractivity contribution in [3.8, 4) is 10.4 Å². The van der Waals surface area contributed by atoms with Crippen molar-refractivity contribution in [2.45, 2.75) is 13.1 Å². The van der Waals surface area contributed by atoms with E-state index < -0.39 is 0 Å². The molecule has 4 heterocycles. The maximum absolute atomic E-state index is 13.1. The third kappa shape index (κ3) is 4.68. The summed E-state index contributed by atoms with van der Waals surface area (Å²) in [5, 5.41) is 1.10. The lowest BCUT2D eigenvalue weighted by Crippen LogP contribution is -2.49. The molecule has 186 valence electrons. The molecule has 3 aromatic heterocycles. The van der Waals surface area contributed by atoms with Crippen molar-refractivity contribution in [1.29, 1.82) is 0 Å². The molecule has 0 atom stereocenters. The average Bonchev–Trinajstić information content (AvgIpc) is 3.37. The van der Waals surface area contributed by atoms with Gasteiger partial charge in [0, 0.05) is 31.1 Å². The number of rotatable bonds is 5. The van der Waals surface area contributed by atoms with Crippen molar-refractivity contribution >= 4 is 38.4 Å². The van der Waals surface area contributed by atoms with Crippen molar-refractivity contribution in [2.24, 2.45) is 0 Å². The van der Waals surface area contributed by atoms with Crippen LogP contribution in [0.3, 0.4) is 0 Å². The summed E-state index contributed by atoms with van der Waals surface area (Å²) in [6.45, 7) is 2.84. The number of aromatic nitrogens is 4. The molecule has 0 saturated carbocycles. The third-order valence-corrected chi connectivity index (χ3v) is 7.73. The fourth-order valence-corrected chi connectivity index (χ4v) is 5.63. The van der Waals surface area contributed by atoms with Gasteiger partial charge in [0.15, 0.2) is 0 Å². The number of aromatic amines is 1. The Kier molecular flexibility index (Phi) is 6.11. The molecule has 10 heteroatoms. The van der Waals surface area contributed by atoms with E-state index in [0.29, 0.717) is 59.7 Å². The van der Waals surface area contributed by atoms with Gasteiger partial charge in [0.2, 0.25) is 5.91 Å². The molecule has 5 aromatic rings. The van der Waals surface area contributed by atoms with E-state index in [4.69, 9.17) is 0 Å². The molecule has 1 fully saturated rings. The molecule has 2 aromatic carbocycles. The second-order valence-electron chi connectivity index (χ2n) is 9.06. The lowest BCUT2D eigenvalue weighted by Gasteiger charge is -2.34. The third-order valence-electron chi connectivity index (χ3n) is 6.64. The van der Waals surface area contributed by atoms with Gasteiger partial charge in [-0.15, -0.1) is 11.3 Å². The number of carbonyl (C=O) groups is 1. The van der Waals surface area contributed by atoms with Crippen molar-refractivity contribution in [1.82, 2.24) is 29.3 Å². The van der Waals surface area contributed by atoms with Gasteiger partial charge < -0.3 is 9.88 Å². The Morgan fingerprint density at radius 3 is 2.51 bits per heavy atom. The number of para-hydroxylation sites is 1. The summed E-state index contributed by atoms with van der Waals surface area (Å²) in [6, 6.07) is 19.0. The Balaban J connectivity index is 1.11. The SMILES string of the molecule is O=C(Cn1cnc2sc(-c3ccccc3)cc2c1=O)N1CCN(Cc2nc3ccccc3c(=O)[nH]2)CC1. The Hall–Kier alpha value is -4.15. The Morgan fingerprint density at radius 1 is 0.946 bits per heavy atom. The van der Waals surface area contributed by atoms with E-state index >= 15 is 0 Å². The molecule has 9 nitrogen and oxygen atoms in total. The number of thiophene rings is 1. The molecule has 37 heavy (non-hydrogen) atoms. The molecule has 1 aliphatic heterocycles. The van der Waals surface area contributed by atoms with E-state index in [9.17, 15) is 14.4 Å². The van der Waals surface area contributed by atoms with Crippen molar-refractivity contribution < 1.29 is 4.79 Å². The monoisotopic (exact) mass is 512 g/mol. The van der Waals surface area contributed by atoms with Gasteiger partial charge in [-0.1, -0.05) is 42.5 Å².